The van der Waals surface area contributed by atoms with E-state index in [2.05, 4.69) is 32.7 Å². The topological polar surface area (TPSA) is 79.6 Å². The van der Waals surface area contributed by atoms with Crippen LogP contribution in [0.25, 0.3) is 0 Å². The molecule has 1 aromatic carbocycles. The number of aryl methyl sites for hydroxylation is 1. The summed E-state index contributed by atoms with van der Waals surface area (Å²) < 4.78 is 7.73. The molecule has 8 nitrogen and oxygen atoms in total. The fraction of sp³-hybridized carbons (Fsp3) is 0.571. The Morgan fingerprint density at radius 2 is 2.13 bits per heavy atom. The van der Waals surface area contributed by atoms with Crippen LogP contribution in [0, 0.1) is 6.92 Å². The van der Waals surface area contributed by atoms with Gasteiger partial charge in [-0.1, -0.05) is 30.7 Å². The van der Waals surface area contributed by atoms with Crippen molar-refractivity contribution in [3.8, 4) is 5.75 Å². The number of hydrogen-bond acceptors (Lipinski definition) is 5. The summed E-state index contributed by atoms with van der Waals surface area (Å²) in [6.45, 7) is 8.82. The number of ether oxygens (including phenoxy) is 1. The maximum Gasteiger partial charge on any atom is 0.191 e. The highest BCUT2D eigenvalue weighted by Gasteiger charge is 2.22. The Morgan fingerprint density at radius 3 is 2.87 bits per heavy atom. The molecule has 0 radical (unpaired) electrons. The summed E-state index contributed by atoms with van der Waals surface area (Å²) in [7, 11) is 1.95. The molecule has 0 saturated carbocycles. The molecular formula is C21H32ClN7O. The Kier molecular flexibility index (Phi) is 8.33. The van der Waals surface area contributed by atoms with Gasteiger partial charge in [0, 0.05) is 19.6 Å². The van der Waals surface area contributed by atoms with Gasteiger partial charge in [-0.15, -0.1) is 10.2 Å². The molecule has 3 rings (SSSR count). The first-order chi connectivity index (χ1) is 14.6. The Balaban J connectivity index is 1.56. The van der Waals surface area contributed by atoms with E-state index in [0.29, 0.717) is 36.5 Å². The van der Waals surface area contributed by atoms with Crippen molar-refractivity contribution in [3.05, 3.63) is 40.9 Å². The average molecular weight is 434 g/mol. The summed E-state index contributed by atoms with van der Waals surface area (Å²) in [5, 5.41) is 15.8. The van der Waals surface area contributed by atoms with Crippen molar-refractivity contribution in [1.82, 2.24) is 30.3 Å². The summed E-state index contributed by atoms with van der Waals surface area (Å²) in [4.78, 5) is 7.22. The van der Waals surface area contributed by atoms with E-state index in [1.165, 1.54) is 19.4 Å². The van der Waals surface area contributed by atoms with Gasteiger partial charge in [-0.3, -0.25) is 4.90 Å². The lowest BCUT2D eigenvalue weighted by Gasteiger charge is -2.24. The SMILES string of the molecule is CCN1CCCC1CNC(=NCc1nnc(C)n1C)NCCOc1ccccc1Cl. The molecule has 0 spiro atoms. The minimum atomic E-state index is 0.459. The van der Waals surface area contributed by atoms with E-state index in [0.717, 1.165) is 30.7 Å². The Morgan fingerprint density at radius 1 is 1.30 bits per heavy atom. The smallest absolute Gasteiger partial charge is 0.191 e. The van der Waals surface area contributed by atoms with E-state index in [-0.39, 0.29) is 0 Å². The van der Waals surface area contributed by atoms with E-state index in [9.17, 15) is 0 Å². The normalized spacial score (nSPS) is 17.3. The Hall–Kier alpha value is -2.32. The molecule has 9 heteroatoms. The van der Waals surface area contributed by atoms with Crippen LogP contribution in [0.2, 0.25) is 5.02 Å². The lowest BCUT2D eigenvalue weighted by Crippen LogP contribution is -2.45. The van der Waals surface area contributed by atoms with Gasteiger partial charge < -0.3 is 19.9 Å². The number of nitrogens with one attached hydrogen (secondary N) is 2. The zero-order chi connectivity index (χ0) is 21.3. The molecule has 164 valence electrons. The Bertz CT molecular complexity index is 839. The van der Waals surface area contributed by atoms with Gasteiger partial charge in [0.05, 0.1) is 11.6 Å². The largest absolute Gasteiger partial charge is 0.490 e. The number of benzene rings is 1. The van der Waals surface area contributed by atoms with Crippen LogP contribution in [0.4, 0.5) is 0 Å². The van der Waals surface area contributed by atoms with Crippen molar-refractivity contribution in [2.45, 2.75) is 39.3 Å². The summed E-state index contributed by atoms with van der Waals surface area (Å²) in [6.07, 6.45) is 2.47. The second-order valence-corrected chi connectivity index (χ2v) is 7.81. The first-order valence-corrected chi connectivity index (χ1v) is 10.9. The number of hydrogen-bond donors (Lipinski definition) is 2. The number of para-hydroxylation sites is 1. The second-order valence-electron chi connectivity index (χ2n) is 7.40. The number of likely N-dealkylation sites (N-methyl/N-ethyl adjacent to an activating group) is 1. The van der Waals surface area contributed by atoms with Gasteiger partial charge in [0.25, 0.3) is 0 Å². The van der Waals surface area contributed by atoms with Crippen LogP contribution >= 0.6 is 11.6 Å². The van der Waals surface area contributed by atoms with Gasteiger partial charge in [-0.2, -0.15) is 0 Å². The minimum absolute atomic E-state index is 0.459. The quantitative estimate of drug-likeness (QED) is 0.359. The van der Waals surface area contributed by atoms with Crippen molar-refractivity contribution >= 4 is 17.6 Å². The highest BCUT2D eigenvalue weighted by Crippen LogP contribution is 2.22. The maximum absolute atomic E-state index is 6.15. The molecule has 1 aromatic heterocycles. The Labute approximate surface area is 183 Å². The third kappa shape index (κ3) is 6.09. The van der Waals surface area contributed by atoms with Crippen LogP contribution in [-0.4, -0.2) is 64.5 Å². The molecule has 2 N–H and O–H groups in total. The maximum atomic E-state index is 6.15. The molecule has 0 amide bonds. The molecule has 2 aromatic rings. The number of rotatable bonds is 9. The molecule has 0 aliphatic carbocycles. The van der Waals surface area contributed by atoms with Crippen LogP contribution in [0.5, 0.6) is 5.75 Å². The first-order valence-electron chi connectivity index (χ1n) is 10.6. The summed E-state index contributed by atoms with van der Waals surface area (Å²) in [5.74, 6) is 3.14. The third-order valence-electron chi connectivity index (χ3n) is 5.46. The van der Waals surface area contributed by atoms with Crippen LogP contribution in [0.3, 0.4) is 0 Å². The second kappa shape index (κ2) is 11.2. The van der Waals surface area contributed by atoms with Crippen molar-refractivity contribution in [2.75, 3.05) is 32.8 Å². The third-order valence-corrected chi connectivity index (χ3v) is 5.77. The number of nitrogens with zero attached hydrogens (tertiary/aromatic N) is 5. The lowest BCUT2D eigenvalue weighted by molar-refractivity contribution is 0.266. The van der Waals surface area contributed by atoms with Gasteiger partial charge in [0.15, 0.2) is 11.8 Å². The standard InChI is InChI=1S/C21H32ClN7O/c1-4-29-12-7-8-17(29)14-24-21(25-15-20-27-26-16(2)28(20)3)23-11-13-30-19-10-6-5-9-18(19)22/h5-6,9-10,17H,4,7-8,11-15H2,1-3H3,(H2,23,24,25). The fourth-order valence-electron chi connectivity index (χ4n) is 3.56. The zero-order valence-electron chi connectivity index (χ0n) is 18.1. The van der Waals surface area contributed by atoms with E-state index < -0.39 is 0 Å². The highest BCUT2D eigenvalue weighted by atomic mass is 35.5. The first kappa shape index (κ1) is 22.4. The number of aromatic nitrogens is 3. The van der Waals surface area contributed by atoms with Gasteiger partial charge in [-0.25, -0.2) is 4.99 Å². The summed E-state index contributed by atoms with van der Waals surface area (Å²) >= 11 is 6.15. The highest BCUT2D eigenvalue weighted by molar-refractivity contribution is 6.32. The van der Waals surface area contributed by atoms with E-state index in [1.807, 2.05) is 42.8 Å². The molecule has 1 aliphatic heterocycles. The number of guanidine groups is 1. The van der Waals surface area contributed by atoms with Gasteiger partial charge in [-0.05, 0) is 45.0 Å². The molecule has 0 bridgehead atoms. The number of likely N-dealkylation sites (tertiary alicyclic amines) is 1. The molecule has 1 atom stereocenters. The molecule has 1 fully saturated rings. The van der Waals surface area contributed by atoms with Gasteiger partial charge in [0.2, 0.25) is 0 Å². The molecular weight excluding hydrogens is 402 g/mol. The molecule has 2 heterocycles. The predicted octanol–water partition coefficient (Wildman–Crippen LogP) is 2.38. The van der Waals surface area contributed by atoms with Crippen molar-refractivity contribution < 1.29 is 4.74 Å². The average Bonchev–Trinajstić information content (AvgIpc) is 3.34. The number of halogens is 1. The predicted molar refractivity (Wildman–Crippen MR) is 120 cm³/mol. The number of aliphatic imine (C=N–C) groups is 1. The summed E-state index contributed by atoms with van der Waals surface area (Å²) in [5.41, 5.74) is 0. The minimum Gasteiger partial charge on any atom is -0.490 e. The van der Waals surface area contributed by atoms with Crippen LogP contribution in [0.1, 0.15) is 31.4 Å². The monoisotopic (exact) mass is 433 g/mol. The fourth-order valence-corrected chi connectivity index (χ4v) is 3.75. The zero-order valence-corrected chi connectivity index (χ0v) is 18.8. The van der Waals surface area contributed by atoms with Gasteiger partial charge >= 0.3 is 0 Å². The van der Waals surface area contributed by atoms with E-state index in [1.54, 1.807) is 0 Å². The lowest BCUT2D eigenvalue weighted by atomic mass is 10.2. The van der Waals surface area contributed by atoms with E-state index in [4.69, 9.17) is 21.3 Å². The van der Waals surface area contributed by atoms with Crippen molar-refractivity contribution in [3.63, 3.8) is 0 Å². The molecule has 1 aliphatic rings. The van der Waals surface area contributed by atoms with E-state index >= 15 is 0 Å². The molecule has 1 unspecified atom stereocenters. The van der Waals surface area contributed by atoms with Crippen molar-refractivity contribution in [2.24, 2.45) is 12.0 Å². The molecule has 1 saturated heterocycles. The van der Waals surface area contributed by atoms with Crippen LogP contribution in [0.15, 0.2) is 29.3 Å². The van der Waals surface area contributed by atoms with Crippen LogP contribution in [-0.2, 0) is 13.6 Å². The molecule has 30 heavy (non-hydrogen) atoms. The van der Waals surface area contributed by atoms with Crippen LogP contribution < -0.4 is 15.4 Å². The van der Waals surface area contributed by atoms with Gasteiger partial charge in [0.1, 0.15) is 24.7 Å². The van der Waals surface area contributed by atoms with Crippen molar-refractivity contribution in [1.29, 1.82) is 0 Å². The summed E-state index contributed by atoms with van der Waals surface area (Å²) in [6, 6.07) is 8.03.